The van der Waals surface area contributed by atoms with Gasteiger partial charge < -0.3 is 30.2 Å². The fraction of sp³-hybridized carbons (Fsp3) is 0.378. The van der Waals surface area contributed by atoms with E-state index in [1.807, 2.05) is 72.8 Å². The molecule has 0 radical (unpaired) electrons. The van der Waals surface area contributed by atoms with Gasteiger partial charge in [-0.2, -0.15) is 5.10 Å². The van der Waals surface area contributed by atoms with Gasteiger partial charge in [-0.3, -0.25) is 14.3 Å². The van der Waals surface area contributed by atoms with Crippen molar-refractivity contribution in [2.24, 2.45) is 0 Å². The summed E-state index contributed by atoms with van der Waals surface area (Å²) in [5.41, 5.74) is -0.376. The molecule has 4 aromatic rings. The molecule has 49 heavy (non-hydrogen) atoms. The Morgan fingerprint density at radius 2 is 1.57 bits per heavy atom. The van der Waals surface area contributed by atoms with Gasteiger partial charge in [-0.1, -0.05) is 74.2 Å². The first kappa shape index (κ1) is 38.2. The van der Waals surface area contributed by atoms with Crippen molar-refractivity contribution in [1.82, 2.24) is 20.4 Å². The molecule has 262 valence electrons. The van der Waals surface area contributed by atoms with E-state index in [0.717, 1.165) is 16.3 Å². The highest BCUT2D eigenvalue weighted by molar-refractivity contribution is 5.99. The molecule has 3 N–H and O–H groups in total. The summed E-state index contributed by atoms with van der Waals surface area (Å²) in [6, 6.07) is 20.8. The summed E-state index contributed by atoms with van der Waals surface area (Å²) in [5.74, 6) is -1.73. The molecule has 4 rings (SSSR count). The van der Waals surface area contributed by atoms with Crippen LogP contribution in [0, 0.1) is 0 Å². The van der Waals surface area contributed by atoms with Gasteiger partial charge >= 0.3 is 12.1 Å². The number of aromatic nitrogens is 2. The van der Waals surface area contributed by atoms with Gasteiger partial charge in [0, 0.05) is 6.20 Å². The van der Waals surface area contributed by atoms with Gasteiger partial charge in [0.15, 0.2) is 6.04 Å². The second-order valence-corrected chi connectivity index (χ2v) is 12.7. The van der Waals surface area contributed by atoms with Crippen LogP contribution in [0.2, 0.25) is 0 Å². The van der Waals surface area contributed by atoms with E-state index in [4.69, 9.17) is 14.2 Å². The lowest BCUT2D eigenvalue weighted by Gasteiger charge is -2.29. The number of carbonyl (C=O) groups excluding carboxylic acids is 4. The lowest BCUT2D eigenvalue weighted by Crippen LogP contribution is -2.59. The second kappa shape index (κ2) is 16.7. The van der Waals surface area contributed by atoms with E-state index in [2.05, 4.69) is 21.0 Å². The van der Waals surface area contributed by atoms with Crippen molar-refractivity contribution in [2.45, 2.75) is 78.8 Å². The molecule has 1 aromatic heterocycles. The number of fused-ring (bicyclic) bond motifs is 1. The Kier molecular flexibility index (Phi) is 13.1. The maximum absolute atomic E-state index is 13.6. The molecule has 0 bridgehead atoms. The Bertz CT molecular complexity index is 1730. The van der Waals surface area contributed by atoms with Crippen LogP contribution in [-0.2, 0) is 35.2 Å². The van der Waals surface area contributed by atoms with E-state index in [1.165, 1.54) is 30.9 Å². The molecule has 2 atom stereocenters. The third kappa shape index (κ3) is 10.9. The average molecular weight is 674 g/mol. The number of hydrogen-bond donors (Lipinski definition) is 3. The van der Waals surface area contributed by atoms with E-state index in [9.17, 15) is 19.2 Å². The molecule has 12 heteroatoms. The average Bonchev–Trinajstić information content (AvgIpc) is 3.47. The lowest BCUT2D eigenvalue weighted by atomic mass is 10.0. The summed E-state index contributed by atoms with van der Waals surface area (Å²) in [4.78, 5) is 52.5. The molecular weight excluding hydrogens is 626 g/mol. The largest absolute Gasteiger partial charge is 0.464 e. The Hall–Kier alpha value is -5.23. The highest BCUT2D eigenvalue weighted by Gasteiger charge is 2.35. The molecule has 0 aliphatic heterocycles. The highest BCUT2D eigenvalue weighted by atomic mass is 16.6. The number of carbonyl (C=O) groups is 4. The Labute approximate surface area is 287 Å². The number of esters is 1. The fourth-order valence-corrected chi connectivity index (χ4v) is 4.78. The Balaban J connectivity index is 0.00000650. The van der Waals surface area contributed by atoms with E-state index in [-0.39, 0.29) is 32.9 Å². The molecule has 0 spiro atoms. The second-order valence-electron chi connectivity index (χ2n) is 12.7. The molecular formula is C37H47N5O7. The fourth-order valence-electron chi connectivity index (χ4n) is 4.78. The number of nitrogens with zero attached hydrogens (tertiary/aromatic N) is 2. The topological polar surface area (TPSA) is 150 Å². The molecule has 1 unspecified atom stereocenters. The van der Waals surface area contributed by atoms with Crippen LogP contribution in [0.1, 0.15) is 66.1 Å². The van der Waals surface area contributed by atoms with Crippen LogP contribution < -0.4 is 16.0 Å². The molecule has 1 heterocycles. The zero-order valence-electron chi connectivity index (χ0n) is 28.1. The predicted octanol–water partition coefficient (Wildman–Crippen LogP) is 5.77. The summed E-state index contributed by atoms with van der Waals surface area (Å²) in [7, 11) is 0. The van der Waals surface area contributed by atoms with Crippen LogP contribution in [0.3, 0.4) is 0 Å². The van der Waals surface area contributed by atoms with Gasteiger partial charge in [-0.05, 0) is 69.5 Å². The summed E-state index contributed by atoms with van der Waals surface area (Å²) in [5, 5.41) is 14.3. The van der Waals surface area contributed by atoms with Crippen molar-refractivity contribution < 1.29 is 33.4 Å². The van der Waals surface area contributed by atoms with Crippen LogP contribution >= 0.6 is 0 Å². The predicted molar refractivity (Wildman–Crippen MR) is 188 cm³/mol. The highest BCUT2D eigenvalue weighted by Crippen LogP contribution is 2.25. The molecule has 12 nitrogen and oxygen atoms in total. The Morgan fingerprint density at radius 1 is 0.898 bits per heavy atom. The Morgan fingerprint density at radius 3 is 2.24 bits per heavy atom. The van der Waals surface area contributed by atoms with Crippen molar-refractivity contribution >= 4 is 40.3 Å². The van der Waals surface area contributed by atoms with Crippen molar-refractivity contribution in [3.63, 3.8) is 0 Å². The maximum atomic E-state index is 13.6. The summed E-state index contributed by atoms with van der Waals surface area (Å²) < 4.78 is 17.9. The number of ether oxygens (including phenoxy) is 3. The van der Waals surface area contributed by atoms with Gasteiger partial charge in [0.05, 0.1) is 31.7 Å². The third-order valence-electron chi connectivity index (χ3n) is 7.13. The van der Waals surface area contributed by atoms with Crippen LogP contribution in [0.15, 0.2) is 85.2 Å². The zero-order chi connectivity index (χ0) is 34.9. The first-order chi connectivity index (χ1) is 22.8. The van der Waals surface area contributed by atoms with Crippen LogP contribution in [0.4, 0.5) is 10.5 Å². The molecule has 3 amide bonds. The number of nitrogens with one attached hydrogen (secondary N) is 3. The number of amides is 3. The maximum Gasteiger partial charge on any atom is 0.408 e. The van der Waals surface area contributed by atoms with Crippen molar-refractivity contribution in [3.8, 4) is 0 Å². The van der Waals surface area contributed by atoms with Crippen molar-refractivity contribution in [3.05, 3.63) is 96.3 Å². The SMILES string of the molecule is C.CCOC(=O)C(c1ccc2ccccc2c1)n1cc(NC(=O)[C@@H](COCc2ccccc2)NC(=O)C(C)(C)NC(=O)OC(C)(C)C)cn1. The number of anilines is 1. The van der Waals surface area contributed by atoms with Crippen LogP contribution in [-0.4, -0.2) is 64.1 Å². The van der Waals surface area contributed by atoms with Crippen molar-refractivity contribution in [1.29, 1.82) is 0 Å². The summed E-state index contributed by atoms with van der Waals surface area (Å²) >= 11 is 0. The quantitative estimate of drug-likeness (QED) is 0.152. The third-order valence-corrected chi connectivity index (χ3v) is 7.13. The van der Waals surface area contributed by atoms with Crippen molar-refractivity contribution in [2.75, 3.05) is 18.5 Å². The number of alkyl carbamates (subject to hydrolysis) is 1. The standard InChI is InChI=1S/C36H43N5O7.CH4/c1-7-47-32(43)30(27-18-17-25-15-11-12-16-26(25)19-27)41-21-28(20-37-41)38-31(42)29(23-46-22-24-13-9-8-10-14-24)39-33(44)36(5,6)40-34(45)48-35(2,3)4;/h8-21,29-30H,7,22-23H2,1-6H3,(H,38,42)(H,39,44)(H,40,45);1H4/t29-,30?;/m1./s1. The molecule has 0 saturated heterocycles. The minimum absolute atomic E-state index is 0. The van der Waals surface area contributed by atoms with E-state index < -0.39 is 47.1 Å². The molecule has 0 aliphatic rings. The van der Waals surface area contributed by atoms with Gasteiger partial charge in [0.2, 0.25) is 11.8 Å². The smallest absolute Gasteiger partial charge is 0.408 e. The first-order valence-corrected chi connectivity index (χ1v) is 15.7. The van der Waals surface area contributed by atoms with Crippen LogP contribution in [0.25, 0.3) is 10.8 Å². The normalized spacial score (nSPS) is 12.6. The molecule has 0 saturated carbocycles. The molecule has 0 aliphatic carbocycles. The minimum atomic E-state index is -1.43. The van der Waals surface area contributed by atoms with Gasteiger partial charge in [-0.15, -0.1) is 0 Å². The summed E-state index contributed by atoms with van der Waals surface area (Å²) in [6.45, 7) is 10.1. The molecule has 3 aromatic carbocycles. The first-order valence-electron chi connectivity index (χ1n) is 15.7. The number of benzene rings is 3. The van der Waals surface area contributed by atoms with E-state index >= 15 is 0 Å². The van der Waals surface area contributed by atoms with E-state index in [0.29, 0.717) is 5.56 Å². The van der Waals surface area contributed by atoms with Gasteiger partial charge in [0.25, 0.3) is 0 Å². The molecule has 0 fully saturated rings. The monoisotopic (exact) mass is 673 g/mol. The van der Waals surface area contributed by atoms with E-state index in [1.54, 1.807) is 27.7 Å². The van der Waals surface area contributed by atoms with Gasteiger partial charge in [-0.25, -0.2) is 9.59 Å². The number of hydrogen-bond acceptors (Lipinski definition) is 8. The zero-order valence-corrected chi connectivity index (χ0v) is 28.1. The lowest BCUT2D eigenvalue weighted by molar-refractivity contribution is -0.146. The number of rotatable bonds is 13. The minimum Gasteiger partial charge on any atom is -0.464 e. The summed E-state index contributed by atoms with van der Waals surface area (Å²) in [6.07, 6.45) is 2.15. The van der Waals surface area contributed by atoms with Crippen LogP contribution in [0.5, 0.6) is 0 Å². The van der Waals surface area contributed by atoms with Gasteiger partial charge in [0.1, 0.15) is 17.2 Å².